The predicted octanol–water partition coefficient (Wildman–Crippen LogP) is 1.60. The first-order valence-electron chi connectivity index (χ1n) is 5.85. The molecule has 0 spiro atoms. The van der Waals surface area contributed by atoms with E-state index in [9.17, 15) is 17.6 Å². The molecule has 1 aliphatic rings. The second kappa shape index (κ2) is 4.90. The van der Waals surface area contributed by atoms with E-state index in [1.807, 2.05) is 6.92 Å². The molecule has 1 fully saturated rings. The standard InChI is InChI=1S/C12H14FNO4S/c1-7-4-9(5-7)14-19(17,18)11-6-8(12(15)16)2-3-10(11)13/h2-3,6-7,9,14H,4-5H2,1H3,(H,15,16). The molecule has 104 valence electrons. The van der Waals surface area contributed by atoms with Crippen molar-refractivity contribution in [3.05, 3.63) is 29.6 Å². The molecule has 1 saturated carbocycles. The van der Waals surface area contributed by atoms with Crippen LogP contribution in [0.15, 0.2) is 23.1 Å². The number of carbonyl (C=O) groups is 1. The minimum absolute atomic E-state index is 0.201. The van der Waals surface area contributed by atoms with Crippen molar-refractivity contribution >= 4 is 16.0 Å². The van der Waals surface area contributed by atoms with Gasteiger partial charge in [-0.1, -0.05) is 6.92 Å². The van der Waals surface area contributed by atoms with Gasteiger partial charge in [0.1, 0.15) is 10.7 Å². The normalized spacial score (nSPS) is 22.8. The molecule has 5 nitrogen and oxygen atoms in total. The molecular weight excluding hydrogens is 273 g/mol. The number of hydrogen-bond acceptors (Lipinski definition) is 3. The van der Waals surface area contributed by atoms with E-state index in [1.54, 1.807) is 0 Å². The highest BCUT2D eigenvalue weighted by atomic mass is 32.2. The first-order valence-corrected chi connectivity index (χ1v) is 7.33. The average Bonchev–Trinajstić information content (AvgIpc) is 2.26. The highest BCUT2D eigenvalue weighted by Gasteiger charge is 2.31. The van der Waals surface area contributed by atoms with Crippen molar-refractivity contribution in [2.75, 3.05) is 0 Å². The van der Waals surface area contributed by atoms with E-state index < -0.39 is 26.7 Å². The Kier molecular flexibility index (Phi) is 3.60. The van der Waals surface area contributed by atoms with E-state index in [2.05, 4.69) is 4.72 Å². The lowest BCUT2D eigenvalue weighted by Crippen LogP contribution is -2.43. The fourth-order valence-electron chi connectivity index (χ4n) is 2.12. The van der Waals surface area contributed by atoms with Crippen molar-refractivity contribution < 1.29 is 22.7 Å². The van der Waals surface area contributed by atoms with Crippen molar-refractivity contribution in [3.8, 4) is 0 Å². The lowest BCUT2D eigenvalue weighted by Gasteiger charge is -2.32. The number of rotatable bonds is 4. The Morgan fingerprint density at radius 3 is 2.58 bits per heavy atom. The second-order valence-corrected chi connectivity index (χ2v) is 6.53. The van der Waals surface area contributed by atoms with Crippen LogP contribution in [-0.4, -0.2) is 25.5 Å². The Balaban J connectivity index is 2.29. The first-order chi connectivity index (χ1) is 8.79. The van der Waals surface area contributed by atoms with Crippen LogP contribution in [0, 0.1) is 11.7 Å². The van der Waals surface area contributed by atoms with Crippen LogP contribution in [0.3, 0.4) is 0 Å². The van der Waals surface area contributed by atoms with Gasteiger partial charge in [-0.25, -0.2) is 22.3 Å². The van der Waals surface area contributed by atoms with Gasteiger partial charge in [0.05, 0.1) is 5.56 Å². The number of aromatic carboxylic acids is 1. The third kappa shape index (κ3) is 2.93. The van der Waals surface area contributed by atoms with E-state index in [1.165, 1.54) is 0 Å². The van der Waals surface area contributed by atoms with Crippen LogP contribution in [0.4, 0.5) is 4.39 Å². The van der Waals surface area contributed by atoms with Gasteiger partial charge in [0, 0.05) is 6.04 Å². The Labute approximate surface area is 110 Å². The number of nitrogens with one attached hydrogen (secondary N) is 1. The SMILES string of the molecule is CC1CC(NS(=O)(=O)c2cc(C(=O)O)ccc2F)C1. The van der Waals surface area contributed by atoms with E-state index in [4.69, 9.17) is 5.11 Å². The number of hydrogen-bond donors (Lipinski definition) is 2. The fraction of sp³-hybridized carbons (Fsp3) is 0.417. The third-order valence-corrected chi connectivity index (χ3v) is 4.70. The molecule has 0 saturated heterocycles. The Morgan fingerprint density at radius 1 is 1.42 bits per heavy atom. The molecule has 2 rings (SSSR count). The van der Waals surface area contributed by atoms with E-state index in [0.29, 0.717) is 18.8 Å². The molecule has 0 aliphatic heterocycles. The molecule has 0 heterocycles. The molecule has 0 radical (unpaired) electrons. The second-order valence-electron chi connectivity index (χ2n) is 4.85. The summed E-state index contributed by atoms with van der Waals surface area (Å²) in [5, 5.41) is 8.80. The molecule has 1 aromatic carbocycles. The maximum atomic E-state index is 13.6. The van der Waals surface area contributed by atoms with Crippen molar-refractivity contribution in [2.24, 2.45) is 5.92 Å². The predicted molar refractivity (Wildman–Crippen MR) is 65.9 cm³/mol. The van der Waals surface area contributed by atoms with Gasteiger partial charge < -0.3 is 5.11 Å². The number of benzene rings is 1. The van der Waals surface area contributed by atoms with Crippen molar-refractivity contribution in [2.45, 2.75) is 30.7 Å². The molecule has 2 N–H and O–H groups in total. The van der Waals surface area contributed by atoms with Crippen LogP contribution < -0.4 is 4.72 Å². The highest BCUT2D eigenvalue weighted by Crippen LogP contribution is 2.28. The molecule has 0 atom stereocenters. The molecular formula is C12H14FNO4S. The topological polar surface area (TPSA) is 83.5 Å². The summed E-state index contributed by atoms with van der Waals surface area (Å²) in [6, 6.07) is 2.51. The average molecular weight is 287 g/mol. The third-order valence-electron chi connectivity index (χ3n) is 3.16. The zero-order chi connectivity index (χ0) is 14.2. The summed E-state index contributed by atoms with van der Waals surface area (Å²) in [7, 11) is -4.02. The van der Waals surface area contributed by atoms with Crippen LogP contribution in [0.25, 0.3) is 0 Å². The summed E-state index contributed by atoms with van der Waals surface area (Å²) in [6.07, 6.45) is 1.42. The van der Waals surface area contributed by atoms with Gasteiger partial charge in [0.25, 0.3) is 0 Å². The highest BCUT2D eigenvalue weighted by molar-refractivity contribution is 7.89. The van der Waals surface area contributed by atoms with Crippen LogP contribution in [0.1, 0.15) is 30.1 Å². The number of sulfonamides is 1. The largest absolute Gasteiger partial charge is 0.478 e. The molecule has 0 bridgehead atoms. The lowest BCUT2D eigenvalue weighted by molar-refractivity contribution is 0.0696. The molecule has 0 aromatic heterocycles. The van der Waals surface area contributed by atoms with E-state index in [0.717, 1.165) is 18.2 Å². The maximum absolute atomic E-state index is 13.6. The van der Waals surface area contributed by atoms with Crippen molar-refractivity contribution in [1.82, 2.24) is 4.72 Å². The number of carboxylic acids is 1. The van der Waals surface area contributed by atoms with Crippen molar-refractivity contribution in [1.29, 1.82) is 0 Å². The van der Waals surface area contributed by atoms with Gasteiger partial charge >= 0.3 is 5.97 Å². The molecule has 0 unspecified atom stereocenters. The summed E-state index contributed by atoms with van der Waals surface area (Å²) >= 11 is 0. The Morgan fingerprint density at radius 2 is 2.05 bits per heavy atom. The van der Waals surface area contributed by atoms with Gasteiger partial charge in [-0.15, -0.1) is 0 Å². The first kappa shape index (κ1) is 14.0. The summed E-state index contributed by atoms with van der Waals surface area (Å²) in [4.78, 5) is 10.2. The zero-order valence-corrected chi connectivity index (χ0v) is 11.1. The number of carboxylic acid groups (broad SMARTS) is 1. The molecule has 1 aromatic rings. The van der Waals surface area contributed by atoms with E-state index in [-0.39, 0.29) is 11.6 Å². The Bertz CT molecular complexity index is 608. The summed E-state index contributed by atoms with van der Waals surface area (Å²) in [6.45, 7) is 2.00. The minimum atomic E-state index is -4.02. The lowest BCUT2D eigenvalue weighted by atomic mass is 9.83. The smallest absolute Gasteiger partial charge is 0.335 e. The van der Waals surface area contributed by atoms with Gasteiger partial charge in [-0.05, 0) is 37.0 Å². The van der Waals surface area contributed by atoms with Crippen LogP contribution in [-0.2, 0) is 10.0 Å². The fourth-order valence-corrected chi connectivity index (χ4v) is 3.49. The molecule has 1 aliphatic carbocycles. The van der Waals surface area contributed by atoms with E-state index >= 15 is 0 Å². The summed E-state index contributed by atoms with van der Waals surface area (Å²) < 4.78 is 39.9. The monoisotopic (exact) mass is 287 g/mol. The quantitative estimate of drug-likeness (QED) is 0.881. The molecule has 19 heavy (non-hydrogen) atoms. The van der Waals surface area contributed by atoms with Gasteiger partial charge in [0.15, 0.2) is 0 Å². The van der Waals surface area contributed by atoms with Gasteiger partial charge in [-0.3, -0.25) is 0 Å². The Hall–Kier alpha value is -1.47. The minimum Gasteiger partial charge on any atom is -0.478 e. The van der Waals surface area contributed by atoms with Crippen molar-refractivity contribution in [3.63, 3.8) is 0 Å². The molecule has 7 heteroatoms. The van der Waals surface area contributed by atoms with Gasteiger partial charge in [0.2, 0.25) is 10.0 Å². The van der Waals surface area contributed by atoms with Crippen LogP contribution in [0.5, 0.6) is 0 Å². The summed E-state index contributed by atoms with van der Waals surface area (Å²) in [5.74, 6) is -1.80. The molecule has 0 amide bonds. The van der Waals surface area contributed by atoms with Crippen LogP contribution in [0.2, 0.25) is 0 Å². The summed E-state index contributed by atoms with van der Waals surface area (Å²) in [5.41, 5.74) is -0.260. The van der Waals surface area contributed by atoms with Gasteiger partial charge in [-0.2, -0.15) is 0 Å². The zero-order valence-electron chi connectivity index (χ0n) is 10.3. The maximum Gasteiger partial charge on any atom is 0.335 e. The van der Waals surface area contributed by atoms with Crippen LogP contribution >= 0.6 is 0 Å². The number of halogens is 1.